The fourth-order valence-electron chi connectivity index (χ4n) is 1.50. The standard InChI is InChI=1S/C11H12NO/c13-9-10-5-1-2-6-11(10)12-7-3-4-8-12/h1-7,13H,8-9H2/q+1. The van der Waals surface area contributed by atoms with Gasteiger partial charge >= 0.3 is 0 Å². The van der Waals surface area contributed by atoms with E-state index in [-0.39, 0.29) is 6.61 Å². The highest BCUT2D eigenvalue weighted by molar-refractivity contribution is 5.69. The first kappa shape index (κ1) is 8.20. The van der Waals surface area contributed by atoms with E-state index in [0.717, 1.165) is 17.8 Å². The van der Waals surface area contributed by atoms with E-state index >= 15 is 0 Å². The Hall–Kier alpha value is -1.41. The summed E-state index contributed by atoms with van der Waals surface area (Å²) in [4.78, 5) is 0. The summed E-state index contributed by atoms with van der Waals surface area (Å²) in [6.07, 6.45) is 6.14. The van der Waals surface area contributed by atoms with Gasteiger partial charge in [0.15, 0.2) is 12.8 Å². The van der Waals surface area contributed by atoms with Crippen LogP contribution in [-0.4, -0.2) is 22.4 Å². The molecular formula is C11H12NO+. The van der Waals surface area contributed by atoms with E-state index in [1.807, 2.05) is 36.6 Å². The Morgan fingerprint density at radius 2 is 2.15 bits per heavy atom. The van der Waals surface area contributed by atoms with Crippen LogP contribution in [0.3, 0.4) is 0 Å². The number of benzene rings is 1. The first-order valence-corrected chi connectivity index (χ1v) is 4.37. The molecule has 0 saturated heterocycles. The highest BCUT2D eigenvalue weighted by Gasteiger charge is 2.13. The van der Waals surface area contributed by atoms with Crippen LogP contribution in [0, 0.1) is 0 Å². The van der Waals surface area contributed by atoms with Crippen molar-refractivity contribution in [3.8, 4) is 0 Å². The zero-order valence-corrected chi connectivity index (χ0v) is 7.35. The Bertz CT molecular complexity index is 366. The third-order valence-corrected chi connectivity index (χ3v) is 2.18. The lowest BCUT2D eigenvalue weighted by Crippen LogP contribution is -2.04. The van der Waals surface area contributed by atoms with E-state index in [0.29, 0.717) is 0 Å². The van der Waals surface area contributed by atoms with Crippen LogP contribution in [0.5, 0.6) is 0 Å². The molecule has 2 nitrogen and oxygen atoms in total. The van der Waals surface area contributed by atoms with Gasteiger partial charge in [-0.1, -0.05) is 18.2 Å². The van der Waals surface area contributed by atoms with Crippen LogP contribution in [0.2, 0.25) is 0 Å². The highest BCUT2D eigenvalue weighted by atomic mass is 16.3. The van der Waals surface area contributed by atoms with E-state index in [4.69, 9.17) is 5.11 Å². The van der Waals surface area contributed by atoms with Crippen molar-refractivity contribution in [1.29, 1.82) is 0 Å². The van der Waals surface area contributed by atoms with Crippen molar-refractivity contribution >= 4 is 11.9 Å². The number of hydrogen-bond acceptors (Lipinski definition) is 1. The van der Waals surface area contributed by atoms with Gasteiger partial charge in [0, 0.05) is 17.7 Å². The molecule has 1 aromatic carbocycles. The van der Waals surface area contributed by atoms with Crippen molar-refractivity contribution in [3.63, 3.8) is 0 Å². The number of nitrogens with zero attached hydrogens (tertiary/aromatic N) is 1. The molecule has 0 aliphatic carbocycles. The average Bonchev–Trinajstić information content (AvgIpc) is 2.70. The monoisotopic (exact) mass is 174 g/mol. The molecule has 0 amide bonds. The lowest BCUT2D eigenvalue weighted by molar-refractivity contribution is -0.419. The Labute approximate surface area is 77.5 Å². The molecule has 1 aliphatic rings. The Kier molecular flexibility index (Phi) is 2.23. The van der Waals surface area contributed by atoms with Crippen LogP contribution in [0.25, 0.3) is 0 Å². The summed E-state index contributed by atoms with van der Waals surface area (Å²) in [5.41, 5.74) is 2.07. The predicted molar refractivity (Wildman–Crippen MR) is 52.4 cm³/mol. The fourth-order valence-corrected chi connectivity index (χ4v) is 1.50. The minimum Gasteiger partial charge on any atom is -0.391 e. The van der Waals surface area contributed by atoms with Crippen molar-refractivity contribution in [1.82, 2.24) is 0 Å². The molecule has 0 atom stereocenters. The largest absolute Gasteiger partial charge is 0.391 e. The molecular weight excluding hydrogens is 162 g/mol. The topological polar surface area (TPSA) is 23.2 Å². The Balaban J connectivity index is 2.39. The number of aliphatic hydroxyl groups excluding tert-OH is 1. The summed E-state index contributed by atoms with van der Waals surface area (Å²) in [6, 6.07) is 7.90. The van der Waals surface area contributed by atoms with Gasteiger partial charge in [-0.15, -0.1) is 0 Å². The van der Waals surface area contributed by atoms with Crippen molar-refractivity contribution in [2.75, 3.05) is 6.54 Å². The Morgan fingerprint density at radius 1 is 1.31 bits per heavy atom. The van der Waals surface area contributed by atoms with Gasteiger partial charge in [-0.2, -0.15) is 4.58 Å². The van der Waals surface area contributed by atoms with E-state index < -0.39 is 0 Å². The minimum absolute atomic E-state index is 0.0977. The van der Waals surface area contributed by atoms with Gasteiger partial charge < -0.3 is 5.11 Å². The van der Waals surface area contributed by atoms with Gasteiger partial charge in [0.1, 0.15) is 0 Å². The lowest BCUT2D eigenvalue weighted by atomic mass is 10.2. The highest BCUT2D eigenvalue weighted by Crippen LogP contribution is 2.18. The molecule has 13 heavy (non-hydrogen) atoms. The molecule has 2 rings (SSSR count). The number of aliphatic hydroxyl groups is 1. The van der Waals surface area contributed by atoms with Gasteiger partial charge in [-0.25, -0.2) is 0 Å². The molecule has 1 aliphatic heterocycles. The molecule has 0 unspecified atom stereocenters. The summed E-state index contributed by atoms with van der Waals surface area (Å²) in [5, 5.41) is 9.12. The number of para-hydroxylation sites is 1. The third-order valence-electron chi connectivity index (χ3n) is 2.18. The van der Waals surface area contributed by atoms with Crippen molar-refractivity contribution < 1.29 is 9.68 Å². The first-order chi connectivity index (χ1) is 6.42. The SMILES string of the molecule is OCc1ccccc1[N+]1=CC=CC1. The summed E-state index contributed by atoms with van der Waals surface area (Å²) >= 11 is 0. The van der Waals surface area contributed by atoms with Crippen LogP contribution in [0.15, 0.2) is 36.4 Å². The van der Waals surface area contributed by atoms with Gasteiger partial charge in [0.05, 0.1) is 6.61 Å². The molecule has 0 spiro atoms. The van der Waals surface area contributed by atoms with Crippen molar-refractivity contribution in [2.24, 2.45) is 0 Å². The normalized spacial score (nSPS) is 14.7. The number of allylic oxidation sites excluding steroid dienone is 1. The second-order valence-electron chi connectivity index (χ2n) is 3.02. The summed E-state index contributed by atoms with van der Waals surface area (Å²) in [6.45, 7) is 0.998. The van der Waals surface area contributed by atoms with E-state index in [2.05, 4.69) is 10.7 Å². The second kappa shape index (κ2) is 3.54. The number of rotatable bonds is 2. The summed E-state index contributed by atoms with van der Waals surface area (Å²) in [7, 11) is 0. The molecule has 0 bridgehead atoms. The molecule has 0 fully saturated rings. The van der Waals surface area contributed by atoms with Gasteiger partial charge in [-0.05, 0) is 6.08 Å². The molecule has 2 heteroatoms. The van der Waals surface area contributed by atoms with Crippen LogP contribution in [-0.2, 0) is 6.61 Å². The van der Waals surface area contributed by atoms with Gasteiger partial charge in [-0.3, -0.25) is 0 Å². The lowest BCUT2D eigenvalue weighted by Gasteiger charge is -2.01. The van der Waals surface area contributed by atoms with Crippen LogP contribution in [0.1, 0.15) is 5.56 Å². The molecule has 0 radical (unpaired) electrons. The Morgan fingerprint density at radius 3 is 2.85 bits per heavy atom. The second-order valence-corrected chi connectivity index (χ2v) is 3.02. The molecule has 1 heterocycles. The maximum absolute atomic E-state index is 9.12. The predicted octanol–water partition coefficient (Wildman–Crippen LogP) is 1.46. The fraction of sp³-hybridized carbons (Fsp3) is 0.182. The van der Waals surface area contributed by atoms with E-state index in [1.54, 1.807) is 0 Å². The van der Waals surface area contributed by atoms with Gasteiger partial charge in [0.25, 0.3) is 0 Å². The van der Waals surface area contributed by atoms with Crippen LogP contribution in [0.4, 0.5) is 5.69 Å². The molecule has 66 valence electrons. The zero-order chi connectivity index (χ0) is 9.10. The third kappa shape index (κ3) is 1.53. The molecule has 1 aromatic rings. The molecule has 0 aromatic heterocycles. The quantitative estimate of drug-likeness (QED) is 0.674. The number of hydrogen-bond donors (Lipinski definition) is 1. The minimum atomic E-state index is 0.0977. The maximum atomic E-state index is 9.12. The van der Waals surface area contributed by atoms with Crippen molar-refractivity contribution in [2.45, 2.75) is 6.61 Å². The summed E-state index contributed by atoms with van der Waals surface area (Å²) < 4.78 is 2.12. The van der Waals surface area contributed by atoms with E-state index in [1.165, 1.54) is 0 Å². The zero-order valence-electron chi connectivity index (χ0n) is 7.35. The van der Waals surface area contributed by atoms with Crippen molar-refractivity contribution in [3.05, 3.63) is 42.0 Å². The summed E-state index contributed by atoms with van der Waals surface area (Å²) in [5.74, 6) is 0. The van der Waals surface area contributed by atoms with Crippen LogP contribution >= 0.6 is 0 Å². The van der Waals surface area contributed by atoms with E-state index in [9.17, 15) is 0 Å². The molecule has 1 N–H and O–H groups in total. The smallest absolute Gasteiger partial charge is 0.211 e. The average molecular weight is 174 g/mol. The maximum Gasteiger partial charge on any atom is 0.211 e. The van der Waals surface area contributed by atoms with Crippen LogP contribution < -0.4 is 0 Å². The first-order valence-electron chi connectivity index (χ1n) is 4.37. The molecule has 0 saturated carbocycles. The van der Waals surface area contributed by atoms with Gasteiger partial charge in [0.2, 0.25) is 5.69 Å².